The standard InChI is InChI=1S/C12H15N7O2/c1-2-3-13-12-16-10-7(4-14-18-10)11(17-12)19-5-8(20)15-9(21)6-19/h4H,2-3,5-6H2,1H3,(H,15,20,21)(H2,13,14,16,17,18). The van der Waals surface area contributed by atoms with Gasteiger partial charge in [0.15, 0.2) is 5.65 Å². The fourth-order valence-electron chi connectivity index (χ4n) is 2.16. The van der Waals surface area contributed by atoms with Crippen molar-refractivity contribution in [2.45, 2.75) is 13.3 Å². The number of nitrogens with one attached hydrogen (secondary N) is 3. The van der Waals surface area contributed by atoms with Crippen LogP contribution in [0.2, 0.25) is 0 Å². The summed E-state index contributed by atoms with van der Waals surface area (Å²) in [5, 5.41) is 12.8. The number of fused-ring (bicyclic) bond motifs is 1. The van der Waals surface area contributed by atoms with Gasteiger partial charge in [0, 0.05) is 6.54 Å². The highest BCUT2D eigenvalue weighted by Crippen LogP contribution is 2.24. The normalized spacial score (nSPS) is 15.4. The SMILES string of the molecule is CCCNc1nc(N2CC(=O)NC(=O)C2)c2cn[nH]c2n1. The molecule has 9 heteroatoms. The van der Waals surface area contributed by atoms with Gasteiger partial charge in [0.25, 0.3) is 0 Å². The van der Waals surface area contributed by atoms with Gasteiger partial charge >= 0.3 is 0 Å². The van der Waals surface area contributed by atoms with Gasteiger partial charge in [-0.1, -0.05) is 6.92 Å². The Morgan fingerprint density at radius 1 is 1.29 bits per heavy atom. The van der Waals surface area contributed by atoms with Crippen LogP contribution in [0.3, 0.4) is 0 Å². The highest BCUT2D eigenvalue weighted by molar-refractivity contribution is 6.04. The van der Waals surface area contributed by atoms with Crippen molar-refractivity contribution in [3.05, 3.63) is 6.20 Å². The molecule has 0 saturated carbocycles. The largest absolute Gasteiger partial charge is 0.354 e. The summed E-state index contributed by atoms with van der Waals surface area (Å²) in [6, 6.07) is 0. The molecule has 9 nitrogen and oxygen atoms in total. The molecule has 0 atom stereocenters. The molecule has 21 heavy (non-hydrogen) atoms. The second-order valence-electron chi connectivity index (χ2n) is 4.76. The molecule has 2 amide bonds. The molecule has 0 aromatic carbocycles. The minimum atomic E-state index is -0.343. The van der Waals surface area contributed by atoms with E-state index >= 15 is 0 Å². The third kappa shape index (κ3) is 2.62. The van der Waals surface area contributed by atoms with E-state index in [0.717, 1.165) is 13.0 Å². The van der Waals surface area contributed by atoms with E-state index in [9.17, 15) is 9.59 Å². The molecule has 110 valence electrons. The summed E-state index contributed by atoms with van der Waals surface area (Å²) < 4.78 is 0. The van der Waals surface area contributed by atoms with Crippen LogP contribution in [0.1, 0.15) is 13.3 Å². The van der Waals surface area contributed by atoms with Crippen molar-refractivity contribution in [3.8, 4) is 0 Å². The second-order valence-corrected chi connectivity index (χ2v) is 4.76. The van der Waals surface area contributed by atoms with Crippen molar-refractivity contribution >= 4 is 34.6 Å². The molecule has 0 unspecified atom stereocenters. The van der Waals surface area contributed by atoms with Gasteiger partial charge in [-0.15, -0.1) is 0 Å². The Kier molecular flexibility index (Phi) is 3.38. The molecule has 2 aromatic rings. The molecule has 3 N–H and O–H groups in total. The predicted octanol–water partition coefficient (Wildman–Crippen LogP) is -0.362. The number of imide groups is 1. The Morgan fingerprint density at radius 3 is 2.76 bits per heavy atom. The van der Waals surface area contributed by atoms with Crippen LogP contribution >= 0.6 is 0 Å². The minimum Gasteiger partial charge on any atom is -0.354 e. The molecular weight excluding hydrogens is 274 g/mol. The first-order valence-electron chi connectivity index (χ1n) is 6.70. The van der Waals surface area contributed by atoms with Gasteiger partial charge in [-0.25, -0.2) is 0 Å². The summed E-state index contributed by atoms with van der Waals surface area (Å²) in [4.78, 5) is 33.4. The van der Waals surface area contributed by atoms with Gasteiger partial charge < -0.3 is 10.2 Å². The number of anilines is 2. The van der Waals surface area contributed by atoms with Gasteiger partial charge in [-0.2, -0.15) is 15.1 Å². The van der Waals surface area contributed by atoms with Gasteiger partial charge in [0.2, 0.25) is 17.8 Å². The lowest BCUT2D eigenvalue weighted by Crippen LogP contribution is -2.51. The van der Waals surface area contributed by atoms with Crippen LogP contribution in [0.15, 0.2) is 6.20 Å². The highest BCUT2D eigenvalue weighted by Gasteiger charge is 2.26. The number of aromatic amines is 1. The lowest BCUT2D eigenvalue weighted by Gasteiger charge is -2.26. The van der Waals surface area contributed by atoms with Crippen LogP contribution in [0.4, 0.5) is 11.8 Å². The third-order valence-corrected chi connectivity index (χ3v) is 3.07. The number of H-pyrrole nitrogens is 1. The van der Waals surface area contributed by atoms with E-state index in [1.54, 1.807) is 11.1 Å². The summed E-state index contributed by atoms with van der Waals surface area (Å²) in [7, 11) is 0. The Balaban J connectivity index is 2.00. The van der Waals surface area contributed by atoms with Crippen LogP contribution in [0.25, 0.3) is 11.0 Å². The molecule has 1 saturated heterocycles. The summed E-state index contributed by atoms with van der Waals surface area (Å²) in [5.74, 6) is 0.284. The van der Waals surface area contributed by atoms with Crippen molar-refractivity contribution in [1.29, 1.82) is 0 Å². The molecule has 3 heterocycles. The minimum absolute atomic E-state index is 0.0796. The zero-order valence-corrected chi connectivity index (χ0v) is 11.5. The maximum absolute atomic E-state index is 11.5. The first-order valence-corrected chi connectivity index (χ1v) is 6.70. The van der Waals surface area contributed by atoms with Crippen LogP contribution in [0, 0.1) is 0 Å². The number of aromatic nitrogens is 4. The molecule has 2 aromatic heterocycles. The molecule has 0 spiro atoms. The molecule has 3 rings (SSSR count). The molecule has 0 bridgehead atoms. The number of rotatable bonds is 4. The van der Waals surface area contributed by atoms with Crippen LogP contribution < -0.4 is 15.5 Å². The number of hydrogen-bond donors (Lipinski definition) is 3. The predicted molar refractivity (Wildman–Crippen MR) is 75.8 cm³/mol. The van der Waals surface area contributed by atoms with Gasteiger partial charge in [-0.3, -0.25) is 20.0 Å². The Hall–Kier alpha value is -2.71. The molecule has 0 aliphatic carbocycles. The summed E-state index contributed by atoms with van der Waals surface area (Å²) in [6.45, 7) is 2.93. The van der Waals surface area contributed by atoms with Crippen molar-refractivity contribution in [1.82, 2.24) is 25.5 Å². The monoisotopic (exact) mass is 289 g/mol. The van der Waals surface area contributed by atoms with E-state index in [-0.39, 0.29) is 24.9 Å². The Bertz CT molecular complexity index is 680. The quantitative estimate of drug-likeness (QED) is 0.658. The zero-order chi connectivity index (χ0) is 14.8. The van der Waals surface area contributed by atoms with E-state index in [4.69, 9.17) is 0 Å². The van der Waals surface area contributed by atoms with Gasteiger partial charge in [-0.05, 0) is 6.42 Å². The summed E-state index contributed by atoms with van der Waals surface area (Å²) in [6.07, 6.45) is 2.52. The smallest absolute Gasteiger partial charge is 0.246 e. The van der Waals surface area contributed by atoms with E-state index in [0.29, 0.717) is 22.8 Å². The van der Waals surface area contributed by atoms with E-state index in [1.807, 2.05) is 6.92 Å². The van der Waals surface area contributed by atoms with Crippen molar-refractivity contribution in [3.63, 3.8) is 0 Å². The van der Waals surface area contributed by atoms with Crippen LogP contribution in [-0.4, -0.2) is 51.6 Å². The Morgan fingerprint density at radius 2 is 2.05 bits per heavy atom. The van der Waals surface area contributed by atoms with Crippen molar-refractivity contribution in [2.24, 2.45) is 0 Å². The number of carbonyl (C=O) groups excluding carboxylic acids is 2. The zero-order valence-electron chi connectivity index (χ0n) is 11.5. The average molecular weight is 289 g/mol. The Labute approximate surface area is 120 Å². The topological polar surface area (TPSA) is 116 Å². The van der Waals surface area contributed by atoms with Gasteiger partial charge in [0.1, 0.15) is 5.82 Å². The first-order chi connectivity index (χ1) is 10.2. The lowest BCUT2D eigenvalue weighted by atomic mass is 10.3. The maximum atomic E-state index is 11.5. The molecule has 1 aliphatic rings. The van der Waals surface area contributed by atoms with E-state index < -0.39 is 0 Å². The maximum Gasteiger partial charge on any atom is 0.246 e. The number of nitrogens with zero attached hydrogens (tertiary/aromatic N) is 4. The number of piperazine rings is 1. The van der Waals surface area contributed by atoms with E-state index in [1.165, 1.54) is 0 Å². The van der Waals surface area contributed by atoms with Crippen LogP contribution in [-0.2, 0) is 9.59 Å². The highest BCUT2D eigenvalue weighted by atomic mass is 16.2. The molecule has 1 fully saturated rings. The fourth-order valence-corrected chi connectivity index (χ4v) is 2.16. The summed E-state index contributed by atoms with van der Waals surface area (Å²) in [5.41, 5.74) is 0.567. The average Bonchev–Trinajstić information content (AvgIpc) is 2.91. The van der Waals surface area contributed by atoms with Crippen molar-refractivity contribution < 1.29 is 9.59 Å². The molecular formula is C12H15N7O2. The number of amides is 2. The lowest BCUT2D eigenvalue weighted by molar-refractivity contribution is -0.130. The number of hydrogen-bond acceptors (Lipinski definition) is 7. The molecule has 1 aliphatic heterocycles. The van der Waals surface area contributed by atoms with Crippen LogP contribution in [0.5, 0.6) is 0 Å². The van der Waals surface area contributed by atoms with Gasteiger partial charge in [0.05, 0.1) is 24.7 Å². The van der Waals surface area contributed by atoms with E-state index in [2.05, 4.69) is 30.8 Å². The first kappa shape index (κ1) is 13.3. The molecule has 0 radical (unpaired) electrons. The number of carbonyl (C=O) groups is 2. The third-order valence-electron chi connectivity index (χ3n) is 3.07. The second kappa shape index (κ2) is 5.35. The fraction of sp³-hybridized carbons (Fsp3) is 0.417. The summed E-state index contributed by atoms with van der Waals surface area (Å²) >= 11 is 0. The van der Waals surface area contributed by atoms with Crippen molar-refractivity contribution in [2.75, 3.05) is 29.9 Å².